The van der Waals surface area contributed by atoms with E-state index in [4.69, 9.17) is 15.2 Å². The minimum absolute atomic E-state index is 0.0692. The van der Waals surface area contributed by atoms with Crippen LogP contribution in [-0.4, -0.2) is 6.79 Å². The molecule has 5 heteroatoms. The lowest BCUT2D eigenvalue weighted by Gasteiger charge is -2.35. The van der Waals surface area contributed by atoms with E-state index in [9.17, 15) is 4.39 Å². The maximum absolute atomic E-state index is 14.5. The number of hydrogen-bond acceptors (Lipinski definition) is 3. The summed E-state index contributed by atoms with van der Waals surface area (Å²) in [6.07, 6.45) is 4.86. The Morgan fingerprint density at radius 2 is 1.94 bits per heavy atom. The van der Waals surface area contributed by atoms with Gasteiger partial charge in [-0.15, -0.1) is 0 Å². The van der Waals surface area contributed by atoms with Crippen molar-refractivity contribution < 1.29 is 13.9 Å². The van der Waals surface area contributed by atoms with Crippen molar-refractivity contribution in [2.45, 2.75) is 37.6 Å². The zero-order valence-corrected chi connectivity index (χ0v) is 11.6. The van der Waals surface area contributed by atoms with Gasteiger partial charge < -0.3 is 15.2 Å². The van der Waals surface area contributed by atoms with Crippen molar-refractivity contribution in [3.63, 3.8) is 0 Å². The normalized spacial score (nSPS) is 21.1. The molecule has 0 radical (unpaired) electrons. The summed E-state index contributed by atoms with van der Waals surface area (Å²) >= 11 is 3.42. The van der Waals surface area contributed by atoms with Crippen LogP contribution in [0, 0.1) is 5.82 Å². The maximum Gasteiger partial charge on any atom is 0.231 e. The summed E-state index contributed by atoms with van der Waals surface area (Å²) in [5.74, 6) is 0.271. The van der Waals surface area contributed by atoms with Crippen LogP contribution in [0.1, 0.15) is 37.7 Å². The van der Waals surface area contributed by atoms with E-state index in [-0.39, 0.29) is 18.4 Å². The summed E-state index contributed by atoms with van der Waals surface area (Å²) < 4.78 is 25.6. The molecule has 0 amide bonds. The molecule has 0 spiro atoms. The first-order valence-electron chi connectivity index (χ1n) is 6.19. The van der Waals surface area contributed by atoms with Gasteiger partial charge in [0.1, 0.15) is 0 Å². The molecular weight excluding hydrogens is 301 g/mol. The van der Waals surface area contributed by atoms with Crippen LogP contribution in [0.5, 0.6) is 11.5 Å². The third-order valence-electron chi connectivity index (χ3n) is 3.80. The zero-order valence-electron chi connectivity index (χ0n) is 9.97. The predicted molar refractivity (Wildman–Crippen MR) is 69.2 cm³/mol. The van der Waals surface area contributed by atoms with Crippen LogP contribution >= 0.6 is 15.9 Å². The highest BCUT2D eigenvalue weighted by Gasteiger charge is 2.37. The fourth-order valence-electron chi connectivity index (χ4n) is 2.86. The molecule has 1 fully saturated rings. The minimum atomic E-state index is -0.595. The van der Waals surface area contributed by atoms with Crippen molar-refractivity contribution in [3.05, 3.63) is 21.9 Å². The predicted octanol–water partition coefficient (Wildman–Crippen LogP) is 3.44. The van der Waals surface area contributed by atoms with Gasteiger partial charge in [-0.25, -0.2) is 4.39 Å². The average molecular weight is 316 g/mol. The Kier molecular flexibility index (Phi) is 2.98. The Morgan fingerprint density at radius 1 is 1.22 bits per heavy atom. The van der Waals surface area contributed by atoms with Crippen molar-refractivity contribution in [1.29, 1.82) is 0 Å². The van der Waals surface area contributed by atoms with Gasteiger partial charge in [-0.3, -0.25) is 0 Å². The van der Waals surface area contributed by atoms with Crippen LogP contribution in [-0.2, 0) is 5.54 Å². The van der Waals surface area contributed by atoms with Gasteiger partial charge in [0, 0.05) is 15.6 Å². The van der Waals surface area contributed by atoms with Crippen molar-refractivity contribution in [1.82, 2.24) is 0 Å². The van der Waals surface area contributed by atoms with E-state index < -0.39 is 5.54 Å². The average Bonchev–Trinajstić information content (AvgIpc) is 2.77. The highest BCUT2D eigenvalue weighted by Crippen LogP contribution is 2.46. The first kappa shape index (κ1) is 12.2. The second kappa shape index (κ2) is 4.38. The lowest BCUT2D eigenvalue weighted by Crippen LogP contribution is -2.39. The van der Waals surface area contributed by atoms with E-state index in [1.807, 2.05) is 0 Å². The van der Waals surface area contributed by atoms with Gasteiger partial charge in [0.2, 0.25) is 12.5 Å². The Labute approximate surface area is 114 Å². The molecule has 3 nitrogen and oxygen atoms in total. The monoisotopic (exact) mass is 315 g/mol. The van der Waals surface area contributed by atoms with Crippen LogP contribution in [0.3, 0.4) is 0 Å². The number of rotatable bonds is 1. The van der Waals surface area contributed by atoms with Gasteiger partial charge in [0.25, 0.3) is 0 Å². The molecular formula is C13H15BrFNO2. The molecule has 1 aromatic carbocycles. The Bertz CT molecular complexity index is 486. The molecule has 1 heterocycles. The Morgan fingerprint density at radius 3 is 2.67 bits per heavy atom. The molecule has 0 atom stereocenters. The molecule has 1 aromatic rings. The van der Waals surface area contributed by atoms with E-state index in [0.29, 0.717) is 15.8 Å². The maximum atomic E-state index is 14.5. The van der Waals surface area contributed by atoms with Crippen molar-refractivity contribution in [3.8, 4) is 11.5 Å². The zero-order chi connectivity index (χ0) is 12.8. The van der Waals surface area contributed by atoms with Crippen LogP contribution in [0.25, 0.3) is 0 Å². The van der Waals surface area contributed by atoms with Crippen LogP contribution < -0.4 is 15.2 Å². The molecule has 3 rings (SSSR count). The lowest BCUT2D eigenvalue weighted by molar-refractivity contribution is 0.170. The molecule has 0 saturated heterocycles. The number of nitrogens with two attached hydrogens (primary N) is 1. The largest absolute Gasteiger partial charge is 0.453 e. The number of ether oxygens (including phenoxy) is 2. The molecule has 0 aromatic heterocycles. The molecule has 98 valence electrons. The molecule has 1 aliphatic carbocycles. The summed E-state index contributed by atoms with van der Waals surface area (Å²) in [5.41, 5.74) is 6.35. The molecule has 0 unspecified atom stereocenters. The van der Waals surface area contributed by atoms with E-state index >= 15 is 0 Å². The minimum Gasteiger partial charge on any atom is -0.453 e. The van der Waals surface area contributed by atoms with Crippen molar-refractivity contribution >= 4 is 15.9 Å². The van der Waals surface area contributed by atoms with E-state index in [0.717, 1.165) is 25.7 Å². The van der Waals surface area contributed by atoms with Gasteiger partial charge in [-0.05, 0) is 18.9 Å². The summed E-state index contributed by atoms with van der Waals surface area (Å²) in [4.78, 5) is 0. The van der Waals surface area contributed by atoms with Gasteiger partial charge in [-0.1, -0.05) is 35.2 Å². The van der Waals surface area contributed by atoms with Gasteiger partial charge in [-0.2, -0.15) is 0 Å². The van der Waals surface area contributed by atoms with Gasteiger partial charge >= 0.3 is 0 Å². The second-order valence-corrected chi connectivity index (χ2v) is 5.85. The van der Waals surface area contributed by atoms with E-state index in [2.05, 4.69) is 15.9 Å². The van der Waals surface area contributed by atoms with Gasteiger partial charge in [0.15, 0.2) is 11.6 Å². The quantitative estimate of drug-likeness (QED) is 0.863. The van der Waals surface area contributed by atoms with Crippen LogP contribution in [0.2, 0.25) is 0 Å². The van der Waals surface area contributed by atoms with E-state index in [1.165, 1.54) is 6.42 Å². The van der Waals surface area contributed by atoms with Crippen LogP contribution in [0.15, 0.2) is 10.5 Å². The number of benzene rings is 1. The topological polar surface area (TPSA) is 44.5 Å². The summed E-state index contributed by atoms with van der Waals surface area (Å²) in [5, 5.41) is 0. The van der Waals surface area contributed by atoms with Crippen molar-refractivity contribution in [2.75, 3.05) is 6.79 Å². The Hall–Kier alpha value is -0.810. The molecule has 2 N–H and O–H groups in total. The highest BCUT2D eigenvalue weighted by molar-refractivity contribution is 9.10. The van der Waals surface area contributed by atoms with E-state index in [1.54, 1.807) is 6.07 Å². The first-order chi connectivity index (χ1) is 8.62. The molecule has 1 saturated carbocycles. The number of hydrogen-bond donors (Lipinski definition) is 1. The van der Waals surface area contributed by atoms with Crippen LogP contribution in [0.4, 0.5) is 4.39 Å². The molecule has 0 bridgehead atoms. The summed E-state index contributed by atoms with van der Waals surface area (Å²) in [6.45, 7) is 0.0692. The lowest BCUT2D eigenvalue weighted by atomic mass is 9.77. The van der Waals surface area contributed by atoms with Gasteiger partial charge in [0.05, 0.1) is 0 Å². The third-order valence-corrected chi connectivity index (χ3v) is 4.43. The number of halogens is 2. The second-order valence-electron chi connectivity index (χ2n) is 5.00. The fraction of sp³-hybridized carbons (Fsp3) is 0.538. The smallest absolute Gasteiger partial charge is 0.231 e. The SMILES string of the molecule is NC1(c2c(Br)cc3c(c2F)OCO3)CCCCC1. The Balaban J connectivity index is 2.11. The fourth-order valence-corrected chi connectivity index (χ4v) is 3.64. The first-order valence-corrected chi connectivity index (χ1v) is 6.98. The highest BCUT2D eigenvalue weighted by atomic mass is 79.9. The third kappa shape index (κ3) is 1.80. The number of fused-ring (bicyclic) bond motifs is 1. The molecule has 18 heavy (non-hydrogen) atoms. The summed E-state index contributed by atoms with van der Waals surface area (Å²) in [6, 6.07) is 1.75. The molecule has 1 aliphatic heterocycles. The van der Waals surface area contributed by atoms with Crippen molar-refractivity contribution in [2.24, 2.45) is 5.73 Å². The molecule has 2 aliphatic rings. The standard InChI is InChI=1S/C13H15BrFNO2/c14-8-6-9-12(18-7-17-9)11(15)10(8)13(16)4-2-1-3-5-13/h6H,1-5,7,16H2. The summed E-state index contributed by atoms with van der Waals surface area (Å²) in [7, 11) is 0.